The molecule has 0 saturated carbocycles. The van der Waals surface area contributed by atoms with Gasteiger partial charge >= 0.3 is 0 Å². The van der Waals surface area contributed by atoms with Crippen molar-refractivity contribution in [3.8, 4) is 0 Å². The Morgan fingerprint density at radius 3 is 2.86 bits per heavy atom. The second-order valence-corrected chi connectivity index (χ2v) is 6.07. The first-order valence-electron chi connectivity index (χ1n) is 6.85. The number of hydrogen-bond donors (Lipinski definition) is 1. The van der Waals surface area contributed by atoms with Crippen LogP contribution in [0.25, 0.3) is 10.2 Å². The number of nitrogens with zero attached hydrogens (tertiary/aromatic N) is 3. The third-order valence-corrected chi connectivity index (χ3v) is 4.50. The summed E-state index contributed by atoms with van der Waals surface area (Å²) in [4.78, 5) is 20.2. The molecule has 6 nitrogen and oxygen atoms in total. The van der Waals surface area contributed by atoms with Gasteiger partial charge in [-0.3, -0.25) is 4.79 Å². The predicted molar refractivity (Wildman–Crippen MR) is 84.7 cm³/mol. The Kier molecular flexibility index (Phi) is 3.94. The highest BCUT2D eigenvalue weighted by Crippen LogP contribution is 2.28. The van der Waals surface area contributed by atoms with Gasteiger partial charge in [-0.15, -0.1) is 0 Å². The van der Waals surface area contributed by atoms with Gasteiger partial charge in [-0.2, -0.15) is 0 Å². The first-order valence-corrected chi connectivity index (χ1v) is 7.67. The average molecular weight is 306 g/mol. The molecule has 1 aromatic carbocycles. The van der Waals surface area contributed by atoms with Gasteiger partial charge < -0.3 is 20.3 Å². The summed E-state index contributed by atoms with van der Waals surface area (Å²) >= 11 is 1.50. The minimum atomic E-state index is 0.0582. The Hall–Kier alpha value is -1.86. The Morgan fingerprint density at radius 1 is 1.38 bits per heavy atom. The number of nitrogen functional groups attached to an aromatic ring is 1. The van der Waals surface area contributed by atoms with E-state index in [1.54, 1.807) is 7.11 Å². The van der Waals surface area contributed by atoms with Crippen LogP contribution in [0, 0.1) is 0 Å². The second-order valence-electron chi connectivity index (χ2n) is 5.00. The predicted octanol–water partition coefficient (Wildman–Crippen LogP) is 1.17. The van der Waals surface area contributed by atoms with Crippen LogP contribution in [0.2, 0.25) is 0 Å². The Bertz CT molecular complexity index is 649. The number of amides is 1. The summed E-state index contributed by atoms with van der Waals surface area (Å²) in [6.45, 7) is 3.27. The molecule has 1 aromatic heterocycles. The normalized spacial score (nSPS) is 15.7. The molecule has 112 valence electrons. The van der Waals surface area contributed by atoms with E-state index >= 15 is 0 Å². The van der Waals surface area contributed by atoms with Crippen LogP contribution in [0.15, 0.2) is 18.2 Å². The second kappa shape index (κ2) is 5.87. The fourth-order valence-electron chi connectivity index (χ4n) is 2.56. The average Bonchev–Trinajstić information content (AvgIpc) is 2.86. The summed E-state index contributed by atoms with van der Waals surface area (Å²) in [5.74, 6) is 0.0582. The summed E-state index contributed by atoms with van der Waals surface area (Å²) in [6.07, 6.45) is 0. The summed E-state index contributed by atoms with van der Waals surface area (Å²) in [5, 5.41) is 0.595. The summed E-state index contributed by atoms with van der Waals surface area (Å²) in [6, 6.07) is 6.18. The fourth-order valence-corrected chi connectivity index (χ4v) is 3.32. The molecule has 0 bridgehead atoms. The third kappa shape index (κ3) is 2.93. The van der Waals surface area contributed by atoms with Gasteiger partial charge in [0.05, 0.1) is 10.2 Å². The van der Waals surface area contributed by atoms with Crippen LogP contribution in [0.1, 0.15) is 0 Å². The summed E-state index contributed by atoms with van der Waals surface area (Å²) in [7, 11) is 1.55. The van der Waals surface area contributed by atoms with Crippen LogP contribution < -0.4 is 10.6 Å². The van der Waals surface area contributed by atoms with Crippen LogP contribution in [-0.2, 0) is 9.53 Å². The number of carbonyl (C=O) groups is 1. The van der Waals surface area contributed by atoms with Crippen molar-refractivity contribution >= 4 is 38.3 Å². The van der Waals surface area contributed by atoms with Crippen LogP contribution in [0.3, 0.4) is 0 Å². The van der Waals surface area contributed by atoms with Gasteiger partial charge in [0.25, 0.3) is 0 Å². The molecule has 1 aliphatic heterocycles. The van der Waals surface area contributed by atoms with Gasteiger partial charge in [0.1, 0.15) is 6.61 Å². The van der Waals surface area contributed by atoms with Gasteiger partial charge in [-0.05, 0) is 18.2 Å². The quantitative estimate of drug-likeness (QED) is 0.922. The molecule has 2 heterocycles. The zero-order valence-corrected chi connectivity index (χ0v) is 12.7. The van der Waals surface area contributed by atoms with Gasteiger partial charge in [0, 0.05) is 39.0 Å². The van der Waals surface area contributed by atoms with E-state index in [0.717, 1.165) is 42.1 Å². The molecule has 3 rings (SSSR count). The summed E-state index contributed by atoms with van der Waals surface area (Å²) < 4.78 is 6.00. The largest absolute Gasteiger partial charge is 0.375 e. The monoisotopic (exact) mass is 306 g/mol. The molecule has 1 fully saturated rings. The number of nitrogens with two attached hydrogens (primary N) is 1. The number of ether oxygens (including phenoxy) is 1. The summed E-state index contributed by atoms with van der Waals surface area (Å²) in [5.41, 5.74) is 7.83. The number of aromatic nitrogens is 1. The van der Waals surface area contributed by atoms with Crippen molar-refractivity contribution in [2.24, 2.45) is 0 Å². The van der Waals surface area contributed by atoms with E-state index in [4.69, 9.17) is 10.5 Å². The lowest BCUT2D eigenvalue weighted by Gasteiger charge is -2.36. The first-order chi connectivity index (χ1) is 10.2. The molecule has 21 heavy (non-hydrogen) atoms. The number of methoxy groups -OCH3 is 1. The number of thiazole rings is 1. The molecular weight excluding hydrogens is 288 g/mol. The molecule has 0 unspecified atom stereocenters. The molecule has 7 heteroatoms. The Labute approximate surface area is 127 Å². The van der Waals surface area contributed by atoms with Crippen molar-refractivity contribution < 1.29 is 9.53 Å². The first kappa shape index (κ1) is 14.1. The van der Waals surface area contributed by atoms with Gasteiger partial charge in [-0.25, -0.2) is 4.98 Å². The number of fused-ring (bicyclic) bond motifs is 1. The SMILES string of the molecule is COCC(=O)N1CCN(c2ccc3nc(N)sc3c2)CC1. The number of carbonyl (C=O) groups excluding carboxylic acids is 1. The van der Waals surface area contributed by atoms with Crippen molar-refractivity contribution in [3.63, 3.8) is 0 Å². The number of hydrogen-bond acceptors (Lipinski definition) is 6. The van der Waals surface area contributed by atoms with Crippen molar-refractivity contribution in [2.45, 2.75) is 0 Å². The molecule has 0 aliphatic carbocycles. The topological polar surface area (TPSA) is 71.7 Å². The third-order valence-electron chi connectivity index (χ3n) is 3.65. The lowest BCUT2D eigenvalue weighted by Crippen LogP contribution is -2.49. The molecular formula is C14H18N4O2S. The lowest BCUT2D eigenvalue weighted by atomic mass is 10.2. The molecule has 0 spiro atoms. The highest BCUT2D eigenvalue weighted by Gasteiger charge is 2.21. The van der Waals surface area contributed by atoms with Crippen molar-refractivity contribution in [1.82, 2.24) is 9.88 Å². The molecule has 1 aliphatic rings. The van der Waals surface area contributed by atoms with E-state index in [0.29, 0.717) is 5.13 Å². The van der Waals surface area contributed by atoms with Crippen molar-refractivity contribution in [1.29, 1.82) is 0 Å². The number of rotatable bonds is 3. The van der Waals surface area contributed by atoms with Crippen LogP contribution in [0.4, 0.5) is 10.8 Å². The Morgan fingerprint density at radius 2 is 2.14 bits per heavy atom. The van der Waals surface area contributed by atoms with Gasteiger partial charge in [0.15, 0.2) is 5.13 Å². The van der Waals surface area contributed by atoms with Crippen molar-refractivity contribution in [2.75, 3.05) is 50.5 Å². The molecule has 2 N–H and O–H groups in total. The minimum Gasteiger partial charge on any atom is -0.375 e. The minimum absolute atomic E-state index is 0.0582. The highest BCUT2D eigenvalue weighted by atomic mass is 32.1. The molecule has 1 amide bonds. The fraction of sp³-hybridized carbons (Fsp3) is 0.429. The molecule has 0 radical (unpaired) electrons. The molecule has 1 saturated heterocycles. The standard InChI is InChI=1S/C14H18N4O2S/c1-20-9-13(19)18-6-4-17(5-7-18)10-2-3-11-12(8-10)21-14(15)16-11/h2-3,8H,4-7,9H2,1H3,(H2,15,16). The maximum atomic E-state index is 11.8. The van der Waals surface area contributed by atoms with Gasteiger partial charge in [-0.1, -0.05) is 11.3 Å². The zero-order chi connectivity index (χ0) is 14.8. The molecule has 0 atom stereocenters. The van der Waals surface area contributed by atoms with E-state index in [1.165, 1.54) is 11.3 Å². The van der Waals surface area contributed by atoms with Crippen LogP contribution >= 0.6 is 11.3 Å². The van der Waals surface area contributed by atoms with Crippen LogP contribution in [-0.4, -0.2) is 55.7 Å². The van der Waals surface area contributed by atoms with Gasteiger partial charge in [0.2, 0.25) is 5.91 Å². The van der Waals surface area contributed by atoms with E-state index in [2.05, 4.69) is 22.0 Å². The van der Waals surface area contributed by atoms with E-state index in [9.17, 15) is 4.79 Å². The number of benzene rings is 1. The van der Waals surface area contributed by atoms with E-state index in [-0.39, 0.29) is 12.5 Å². The molecule has 2 aromatic rings. The lowest BCUT2D eigenvalue weighted by molar-refractivity contribution is -0.135. The maximum absolute atomic E-state index is 11.8. The smallest absolute Gasteiger partial charge is 0.248 e. The van der Waals surface area contributed by atoms with Crippen LogP contribution in [0.5, 0.6) is 0 Å². The number of piperazine rings is 1. The maximum Gasteiger partial charge on any atom is 0.248 e. The van der Waals surface area contributed by atoms with Crippen molar-refractivity contribution in [3.05, 3.63) is 18.2 Å². The van der Waals surface area contributed by atoms with E-state index < -0.39 is 0 Å². The van der Waals surface area contributed by atoms with E-state index in [1.807, 2.05) is 11.0 Å². The number of anilines is 2. The Balaban J connectivity index is 1.69. The highest BCUT2D eigenvalue weighted by molar-refractivity contribution is 7.22. The zero-order valence-electron chi connectivity index (χ0n) is 11.9.